The van der Waals surface area contributed by atoms with Gasteiger partial charge >= 0.3 is 6.18 Å². The summed E-state index contributed by atoms with van der Waals surface area (Å²) in [6.07, 6.45) is 5.93. The minimum atomic E-state index is -4.55. The van der Waals surface area contributed by atoms with Gasteiger partial charge in [0.15, 0.2) is 5.82 Å². The first-order valence-corrected chi connectivity index (χ1v) is 15.1. The molecule has 2 saturated heterocycles. The standard InChI is InChI=1S/C32H35F3N6O3/c33-32(34,35)23-5-1-4-21(18-23)30(43)39-20-28(42)41-17-11-26-25(41)6-2-16-40(26)24-9-12-31(44,13-10-24)27-8-7-22(19-38-27)29-36-14-3-15-37-29/h1,3-5,7-8,14-15,18-19,24-26,44H,2,6,9-13,16-17,20H2,(H,39,43)/t24?,25-,26+,31?/m1/s1. The Morgan fingerprint density at radius 1 is 0.955 bits per heavy atom. The van der Waals surface area contributed by atoms with Gasteiger partial charge in [0.2, 0.25) is 5.91 Å². The molecule has 9 nitrogen and oxygen atoms in total. The third kappa shape index (κ3) is 6.18. The zero-order valence-electron chi connectivity index (χ0n) is 24.2. The van der Waals surface area contributed by atoms with Crippen LogP contribution < -0.4 is 5.32 Å². The van der Waals surface area contributed by atoms with E-state index in [4.69, 9.17) is 0 Å². The third-order valence-corrected chi connectivity index (χ3v) is 9.34. The molecule has 0 unspecified atom stereocenters. The van der Waals surface area contributed by atoms with Crippen LogP contribution in [0.5, 0.6) is 0 Å². The van der Waals surface area contributed by atoms with Gasteiger partial charge in [-0.1, -0.05) is 6.07 Å². The molecule has 12 heteroatoms. The first-order valence-electron chi connectivity index (χ1n) is 15.1. The van der Waals surface area contributed by atoms with E-state index in [0.29, 0.717) is 30.9 Å². The van der Waals surface area contributed by atoms with Crippen molar-refractivity contribution in [1.82, 2.24) is 30.1 Å². The maximum atomic E-state index is 13.2. The summed E-state index contributed by atoms with van der Waals surface area (Å²) < 4.78 is 39.1. The number of aromatic nitrogens is 3. The number of likely N-dealkylation sites (tertiary alicyclic amines) is 2. The molecule has 44 heavy (non-hydrogen) atoms. The van der Waals surface area contributed by atoms with E-state index >= 15 is 0 Å². The highest BCUT2D eigenvalue weighted by molar-refractivity contribution is 5.96. The van der Waals surface area contributed by atoms with Crippen LogP contribution in [0.25, 0.3) is 11.4 Å². The van der Waals surface area contributed by atoms with Gasteiger partial charge in [-0.25, -0.2) is 9.97 Å². The molecule has 3 aromatic rings. The summed E-state index contributed by atoms with van der Waals surface area (Å²) in [5.41, 5.74) is -0.602. The Bertz CT molecular complexity index is 1480. The van der Waals surface area contributed by atoms with Crippen molar-refractivity contribution in [2.24, 2.45) is 0 Å². The number of halogens is 3. The van der Waals surface area contributed by atoms with E-state index in [1.54, 1.807) is 24.7 Å². The van der Waals surface area contributed by atoms with E-state index in [-0.39, 0.29) is 36.1 Å². The molecule has 0 radical (unpaired) electrons. The van der Waals surface area contributed by atoms with E-state index in [2.05, 4.69) is 25.2 Å². The minimum absolute atomic E-state index is 0.0249. The minimum Gasteiger partial charge on any atom is -0.384 e. The number of nitrogens with one attached hydrogen (secondary N) is 1. The Kier molecular flexibility index (Phi) is 8.38. The molecule has 2 amide bonds. The molecule has 1 saturated carbocycles. The van der Waals surface area contributed by atoms with Gasteiger partial charge in [-0.3, -0.25) is 19.5 Å². The fourth-order valence-electron chi connectivity index (χ4n) is 7.10. The molecule has 0 bridgehead atoms. The van der Waals surface area contributed by atoms with Crippen LogP contribution in [-0.4, -0.2) is 79.4 Å². The zero-order chi connectivity index (χ0) is 30.9. The molecule has 3 aliphatic rings. The number of amides is 2. The number of hydrogen-bond donors (Lipinski definition) is 2. The molecule has 2 atom stereocenters. The molecule has 1 aromatic carbocycles. The third-order valence-electron chi connectivity index (χ3n) is 9.34. The maximum Gasteiger partial charge on any atom is 0.416 e. The molecule has 6 rings (SSSR count). The van der Waals surface area contributed by atoms with Crippen molar-refractivity contribution in [3.05, 3.63) is 77.9 Å². The van der Waals surface area contributed by atoms with Crippen molar-refractivity contribution in [2.45, 2.75) is 74.8 Å². The summed E-state index contributed by atoms with van der Waals surface area (Å²) in [4.78, 5) is 43.1. The number of hydrogen-bond acceptors (Lipinski definition) is 7. The smallest absolute Gasteiger partial charge is 0.384 e. The van der Waals surface area contributed by atoms with Crippen LogP contribution in [0.1, 0.15) is 66.6 Å². The van der Waals surface area contributed by atoms with Crippen molar-refractivity contribution in [1.29, 1.82) is 0 Å². The number of pyridine rings is 1. The number of aliphatic hydroxyl groups is 1. The van der Waals surface area contributed by atoms with Crippen LogP contribution in [-0.2, 0) is 16.6 Å². The molecule has 232 valence electrons. The average molecular weight is 609 g/mol. The van der Waals surface area contributed by atoms with Crippen molar-refractivity contribution in [2.75, 3.05) is 19.6 Å². The maximum absolute atomic E-state index is 13.2. The number of nitrogens with zero attached hydrogens (tertiary/aromatic N) is 5. The highest BCUT2D eigenvalue weighted by atomic mass is 19.4. The van der Waals surface area contributed by atoms with Gasteiger partial charge in [0.05, 0.1) is 17.8 Å². The van der Waals surface area contributed by atoms with Crippen LogP contribution in [0, 0.1) is 0 Å². The van der Waals surface area contributed by atoms with Crippen LogP contribution in [0.4, 0.5) is 13.2 Å². The summed E-state index contributed by atoms with van der Waals surface area (Å²) in [5.74, 6) is -0.352. The molecule has 0 spiro atoms. The molecule has 2 aromatic heterocycles. The number of carbonyl (C=O) groups excluding carboxylic acids is 2. The first-order chi connectivity index (χ1) is 21.1. The second-order valence-electron chi connectivity index (χ2n) is 11.9. The van der Waals surface area contributed by atoms with E-state index in [1.807, 2.05) is 17.0 Å². The largest absolute Gasteiger partial charge is 0.416 e. The number of benzene rings is 1. The van der Waals surface area contributed by atoms with E-state index in [1.165, 1.54) is 12.1 Å². The van der Waals surface area contributed by atoms with Gasteiger partial charge in [0.25, 0.3) is 5.91 Å². The van der Waals surface area contributed by atoms with Crippen molar-refractivity contribution in [3.8, 4) is 11.4 Å². The Morgan fingerprint density at radius 3 is 2.43 bits per heavy atom. The number of piperidine rings is 1. The first kappa shape index (κ1) is 30.1. The van der Waals surface area contributed by atoms with E-state index < -0.39 is 23.2 Å². The van der Waals surface area contributed by atoms with Gasteiger partial charge < -0.3 is 15.3 Å². The molecular weight excluding hydrogens is 573 g/mol. The number of alkyl halides is 3. The predicted molar refractivity (Wildman–Crippen MR) is 155 cm³/mol. The van der Waals surface area contributed by atoms with Crippen molar-refractivity contribution >= 4 is 11.8 Å². The summed E-state index contributed by atoms with van der Waals surface area (Å²) in [5, 5.41) is 14.0. The Hall–Kier alpha value is -3.90. The van der Waals surface area contributed by atoms with Gasteiger partial charge in [-0.15, -0.1) is 0 Å². The fourth-order valence-corrected chi connectivity index (χ4v) is 7.10. The Morgan fingerprint density at radius 2 is 1.73 bits per heavy atom. The monoisotopic (exact) mass is 608 g/mol. The van der Waals surface area contributed by atoms with Crippen LogP contribution in [0.15, 0.2) is 61.1 Å². The zero-order valence-corrected chi connectivity index (χ0v) is 24.2. The number of rotatable bonds is 6. The molecular formula is C32H35F3N6O3. The lowest BCUT2D eigenvalue weighted by Crippen LogP contribution is -2.56. The molecule has 3 fully saturated rings. The van der Waals surface area contributed by atoms with Crippen LogP contribution in [0.2, 0.25) is 0 Å². The van der Waals surface area contributed by atoms with E-state index in [9.17, 15) is 27.9 Å². The highest BCUT2D eigenvalue weighted by Gasteiger charge is 2.46. The summed E-state index contributed by atoms with van der Waals surface area (Å²) in [7, 11) is 0. The van der Waals surface area contributed by atoms with Crippen molar-refractivity contribution < 1.29 is 27.9 Å². The Balaban J connectivity index is 1.03. The average Bonchev–Trinajstić information content (AvgIpc) is 3.49. The summed E-state index contributed by atoms with van der Waals surface area (Å²) in [6, 6.07) is 10.2. The van der Waals surface area contributed by atoms with Gasteiger partial charge in [0, 0.05) is 54.4 Å². The summed E-state index contributed by atoms with van der Waals surface area (Å²) in [6.45, 7) is 1.24. The quantitative estimate of drug-likeness (QED) is 0.432. The topological polar surface area (TPSA) is 112 Å². The normalized spacial score (nSPS) is 25.8. The molecule has 1 aliphatic carbocycles. The second kappa shape index (κ2) is 12.2. The highest BCUT2D eigenvalue weighted by Crippen LogP contribution is 2.41. The predicted octanol–water partition coefficient (Wildman–Crippen LogP) is 4.18. The lowest BCUT2D eigenvalue weighted by molar-refractivity contribution is -0.137. The van der Waals surface area contributed by atoms with Gasteiger partial charge in [-0.2, -0.15) is 13.2 Å². The van der Waals surface area contributed by atoms with E-state index in [0.717, 1.165) is 56.3 Å². The van der Waals surface area contributed by atoms with Crippen molar-refractivity contribution in [3.63, 3.8) is 0 Å². The lowest BCUT2D eigenvalue weighted by atomic mass is 9.78. The number of fused-ring (bicyclic) bond motifs is 1. The van der Waals surface area contributed by atoms with Crippen LogP contribution >= 0.6 is 0 Å². The molecule has 2 N–H and O–H groups in total. The second-order valence-corrected chi connectivity index (χ2v) is 11.9. The van der Waals surface area contributed by atoms with Crippen LogP contribution in [0.3, 0.4) is 0 Å². The lowest BCUT2D eigenvalue weighted by Gasteiger charge is -2.47. The van der Waals surface area contributed by atoms with Gasteiger partial charge in [0.1, 0.15) is 5.60 Å². The SMILES string of the molecule is O=C(NCC(=O)N1CC[C@H]2[C@H]1CCCN2C1CCC(O)(c2ccc(-c3ncccn3)cn2)CC1)c1cccc(C(F)(F)F)c1. The number of carbonyl (C=O) groups is 2. The van der Waals surface area contributed by atoms with Gasteiger partial charge in [-0.05, 0) is 87.9 Å². The molecule has 2 aliphatic heterocycles. The molecule has 4 heterocycles. The summed E-state index contributed by atoms with van der Waals surface area (Å²) >= 11 is 0. The fraction of sp³-hybridized carbons (Fsp3) is 0.469. The Labute approximate surface area is 253 Å².